The first kappa shape index (κ1) is 18.5. The summed E-state index contributed by atoms with van der Waals surface area (Å²) in [6, 6.07) is 9.37. The van der Waals surface area contributed by atoms with Crippen LogP contribution in [0.4, 0.5) is 0 Å². The van der Waals surface area contributed by atoms with Crippen molar-refractivity contribution in [2.45, 2.75) is 58.2 Å². The number of nitrogens with two attached hydrogens (primary N) is 1. The molecule has 1 unspecified atom stereocenters. The van der Waals surface area contributed by atoms with E-state index >= 15 is 0 Å². The number of rotatable bonds is 5. The van der Waals surface area contributed by atoms with Crippen molar-refractivity contribution < 1.29 is 14.3 Å². The summed E-state index contributed by atoms with van der Waals surface area (Å²) in [5.41, 5.74) is 5.29. The summed E-state index contributed by atoms with van der Waals surface area (Å²) in [6.45, 7) is 10.2. The van der Waals surface area contributed by atoms with E-state index in [1.54, 1.807) is 0 Å². The molecule has 0 saturated carbocycles. The van der Waals surface area contributed by atoms with Gasteiger partial charge < -0.3 is 15.2 Å². The van der Waals surface area contributed by atoms with Gasteiger partial charge in [0, 0.05) is 0 Å². The van der Waals surface area contributed by atoms with E-state index in [0.717, 1.165) is 0 Å². The number of esters is 1. The molecule has 1 aromatic carbocycles. The Morgan fingerprint density at radius 3 is 2.46 bits per heavy atom. The summed E-state index contributed by atoms with van der Waals surface area (Å²) in [5, 5.41) is 0. The van der Waals surface area contributed by atoms with Crippen LogP contribution in [-0.2, 0) is 19.8 Å². The van der Waals surface area contributed by atoms with Crippen molar-refractivity contribution in [2.24, 2.45) is 16.6 Å². The van der Waals surface area contributed by atoms with Crippen molar-refractivity contribution in [3.8, 4) is 0 Å². The zero-order chi connectivity index (χ0) is 18.0. The molecule has 0 radical (unpaired) electrons. The molecule has 132 valence electrons. The Morgan fingerprint density at radius 2 is 1.96 bits per heavy atom. The Morgan fingerprint density at radius 1 is 1.33 bits per heavy atom. The van der Waals surface area contributed by atoms with Crippen LogP contribution in [0, 0.1) is 5.92 Å². The average molecular weight is 332 g/mol. The minimum atomic E-state index is -1.32. The van der Waals surface area contributed by atoms with Crippen molar-refractivity contribution in [1.29, 1.82) is 0 Å². The van der Waals surface area contributed by atoms with Crippen LogP contribution in [-0.4, -0.2) is 30.1 Å². The molecule has 0 aliphatic carbocycles. The highest BCUT2D eigenvalue weighted by molar-refractivity contribution is 5.90. The van der Waals surface area contributed by atoms with E-state index < -0.39 is 17.1 Å². The zero-order valence-corrected chi connectivity index (χ0v) is 15.2. The summed E-state index contributed by atoms with van der Waals surface area (Å²) in [7, 11) is 0. The van der Waals surface area contributed by atoms with E-state index in [2.05, 4.69) is 18.8 Å². The standard InChI is InChI=1S/C19H28N2O3/c1-13(2)15-12-23-16(21-15)11-19(20,14-9-7-6-8-10-14)17(22)24-18(3,4)5/h6-10,13,15H,11-12,20H2,1-5H3/t15-,19?/m1/s1. The van der Waals surface area contributed by atoms with Crippen molar-refractivity contribution in [3.63, 3.8) is 0 Å². The molecule has 1 aliphatic rings. The van der Waals surface area contributed by atoms with Gasteiger partial charge >= 0.3 is 5.97 Å². The first-order valence-electron chi connectivity index (χ1n) is 8.39. The molecule has 0 fully saturated rings. The van der Waals surface area contributed by atoms with Gasteiger partial charge in [-0.25, -0.2) is 9.79 Å². The number of benzene rings is 1. The third kappa shape index (κ3) is 4.35. The lowest BCUT2D eigenvalue weighted by Crippen LogP contribution is -2.49. The Bertz CT molecular complexity index is 605. The lowest BCUT2D eigenvalue weighted by atomic mass is 9.87. The molecule has 2 rings (SSSR count). The van der Waals surface area contributed by atoms with Gasteiger partial charge in [0.1, 0.15) is 17.7 Å². The molecule has 1 aromatic rings. The molecule has 2 N–H and O–H groups in total. The summed E-state index contributed by atoms with van der Waals surface area (Å²) >= 11 is 0. The number of ether oxygens (including phenoxy) is 2. The highest BCUT2D eigenvalue weighted by atomic mass is 16.6. The topological polar surface area (TPSA) is 73.9 Å². The molecule has 24 heavy (non-hydrogen) atoms. The molecule has 0 spiro atoms. The van der Waals surface area contributed by atoms with Gasteiger partial charge in [-0.3, -0.25) is 0 Å². The van der Waals surface area contributed by atoms with Gasteiger partial charge in [-0.05, 0) is 32.3 Å². The first-order valence-corrected chi connectivity index (χ1v) is 8.39. The van der Waals surface area contributed by atoms with E-state index in [-0.39, 0.29) is 12.5 Å². The number of aliphatic imine (C=N–C) groups is 1. The van der Waals surface area contributed by atoms with Gasteiger partial charge in [0.2, 0.25) is 0 Å². The van der Waals surface area contributed by atoms with E-state index in [1.807, 2.05) is 51.1 Å². The molecule has 0 amide bonds. The monoisotopic (exact) mass is 332 g/mol. The van der Waals surface area contributed by atoms with Gasteiger partial charge in [-0.1, -0.05) is 44.2 Å². The van der Waals surface area contributed by atoms with E-state index in [0.29, 0.717) is 24.0 Å². The van der Waals surface area contributed by atoms with E-state index in [1.165, 1.54) is 0 Å². The molecule has 1 heterocycles. The molecule has 1 aliphatic heterocycles. The fraction of sp³-hybridized carbons (Fsp3) is 0.579. The van der Waals surface area contributed by atoms with Crippen molar-refractivity contribution in [1.82, 2.24) is 0 Å². The minimum absolute atomic E-state index is 0.110. The second-order valence-corrected chi connectivity index (χ2v) is 7.66. The lowest BCUT2D eigenvalue weighted by molar-refractivity contribution is -0.162. The van der Waals surface area contributed by atoms with Crippen LogP contribution < -0.4 is 5.73 Å². The second kappa shape index (κ2) is 6.93. The molecule has 0 bridgehead atoms. The zero-order valence-electron chi connectivity index (χ0n) is 15.2. The Kier molecular flexibility index (Phi) is 5.33. The summed E-state index contributed by atoms with van der Waals surface area (Å²) in [6.07, 6.45) is 0.190. The fourth-order valence-electron chi connectivity index (χ4n) is 2.51. The van der Waals surface area contributed by atoms with Crippen LogP contribution in [0.25, 0.3) is 0 Å². The highest BCUT2D eigenvalue weighted by Crippen LogP contribution is 2.29. The third-order valence-corrected chi connectivity index (χ3v) is 3.98. The van der Waals surface area contributed by atoms with Gasteiger partial charge in [0.05, 0.1) is 12.5 Å². The summed E-state index contributed by atoms with van der Waals surface area (Å²) in [5.74, 6) is 0.430. The molecular weight excluding hydrogens is 304 g/mol. The average Bonchev–Trinajstić information content (AvgIpc) is 2.95. The second-order valence-electron chi connectivity index (χ2n) is 7.66. The Balaban J connectivity index is 2.31. The van der Waals surface area contributed by atoms with Crippen molar-refractivity contribution >= 4 is 11.9 Å². The Hall–Kier alpha value is -1.88. The largest absolute Gasteiger partial charge is 0.479 e. The molecule has 5 heteroatoms. The maximum atomic E-state index is 12.8. The van der Waals surface area contributed by atoms with Crippen LogP contribution in [0.15, 0.2) is 35.3 Å². The van der Waals surface area contributed by atoms with Crippen LogP contribution in [0.5, 0.6) is 0 Å². The number of nitrogens with zero attached hydrogens (tertiary/aromatic N) is 1. The van der Waals surface area contributed by atoms with Crippen LogP contribution in [0.3, 0.4) is 0 Å². The van der Waals surface area contributed by atoms with Crippen LogP contribution >= 0.6 is 0 Å². The predicted octanol–water partition coefficient (Wildman–Crippen LogP) is 3.03. The van der Waals surface area contributed by atoms with Crippen LogP contribution in [0.2, 0.25) is 0 Å². The van der Waals surface area contributed by atoms with Gasteiger partial charge in [0.25, 0.3) is 0 Å². The first-order chi connectivity index (χ1) is 11.1. The highest BCUT2D eigenvalue weighted by Gasteiger charge is 2.42. The maximum absolute atomic E-state index is 12.8. The third-order valence-electron chi connectivity index (χ3n) is 3.98. The number of hydrogen-bond donors (Lipinski definition) is 1. The van der Waals surface area contributed by atoms with Gasteiger partial charge in [0.15, 0.2) is 5.90 Å². The maximum Gasteiger partial charge on any atom is 0.331 e. The smallest absolute Gasteiger partial charge is 0.331 e. The van der Waals surface area contributed by atoms with Gasteiger partial charge in [-0.2, -0.15) is 0 Å². The van der Waals surface area contributed by atoms with E-state index in [9.17, 15) is 4.79 Å². The van der Waals surface area contributed by atoms with Gasteiger partial charge in [-0.15, -0.1) is 0 Å². The quantitative estimate of drug-likeness (QED) is 0.841. The van der Waals surface area contributed by atoms with Crippen molar-refractivity contribution in [3.05, 3.63) is 35.9 Å². The normalized spacial score (nSPS) is 20.3. The number of carbonyl (C=O) groups is 1. The minimum Gasteiger partial charge on any atom is -0.479 e. The fourth-order valence-corrected chi connectivity index (χ4v) is 2.51. The predicted molar refractivity (Wildman–Crippen MR) is 94.8 cm³/mol. The van der Waals surface area contributed by atoms with E-state index in [4.69, 9.17) is 15.2 Å². The summed E-state index contributed by atoms with van der Waals surface area (Å²) in [4.78, 5) is 17.4. The molecule has 0 aromatic heterocycles. The molecular formula is C19H28N2O3. The van der Waals surface area contributed by atoms with Crippen LogP contribution in [0.1, 0.15) is 46.6 Å². The SMILES string of the molecule is CC(C)[C@H]1COC(CC(N)(C(=O)OC(C)(C)C)c2ccccc2)=N1. The Labute approximate surface area is 144 Å². The molecule has 0 saturated heterocycles. The molecule has 2 atom stereocenters. The lowest BCUT2D eigenvalue weighted by Gasteiger charge is -2.31. The molecule has 5 nitrogen and oxygen atoms in total. The number of hydrogen-bond acceptors (Lipinski definition) is 5. The number of carbonyl (C=O) groups excluding carboxylic acids is 1. The van der Waals surface area contributed by atoms with Crippen molar-refractivity contribution in [2.75, 3.05) is 6.61 Å². The summed E-state index contributed by atoms with van der Waals surface area (Å²) < 4.78 is 11.3.